The van der Waals surface area contributed by atoms with Gasteiger partial charge in [-0.3, -0.25) is 19.2 Å². The number of hydrogen-bond donors (Lipinski definition) is 2. The fourth-order valence-corrected chi connectivity index (χ4v) is 5.54. The van der Waals surface area contributed by atoms with E-state index in [1.54, 1.807) is 6.92 Å². The Bertz CT molecular complexity index is 987. The van der Waals surface area contributed by atoms with Crippen LogP contribution in [0.2, 0.25) is 0 Å². The summed E-state index contributed by atoms with van der Waals surface area (Å²) in [5.74, 6) is -2.84. The zero-order valence-electron chi connectivity index (χ0n) is 18.6. The lowest BCUT2D eigenvalue weighted by molar-refractivity contribution is -0.185. The second kappa shape index (κ2) is 10.6. The summed E-state index contributed by atoms with van der Waals surface area (Å²) < 4.78 is 20.0. The van der Waals surface area contributed by atoms with Crippen LogP contribution in [0.3, 0.4) is 0 Å². The van der Waals surface area contributed by atoms with Crippen molar-refractivity contribution in [2.45, 2.75) is 31.6 Å². The van der Waals surface area contributed by atoms with E-state index in [4.69, 9.17) is 19.9 Å². The van der Waals surface area contributed by atoms with Gasteiger partial charge in [-0.1, -0.05) is 0 Å². The number of nitrogens with two attached hydrogens (primary N) is 1. The lowest BCUT2D eigenvalue weighted by atomic mass is 9.88. The molecule has 2 fully saturated rings. The molecular weight excluding hydrogens is 492 g/mol. The lowest BCUT2D eigenvalue weighted by Gasteiger charge is -2.53. The quantitative estimate of drug-likeness (QED) is 0.148. The van der Waals surface area contributed by atoms with Gasteiger partial charge in [-0.15, -0.1) is 23.1 Å². The number of β-lactam (4-membered cyclic amide) rings is 1. The summed E-state index contributed by atoms with van der Waals surface area (Å²) >= 11 is 2.26. The smallest absolute Gasteiger partial charge is 0.435 e. The van der Waals surface area contributed by atoms with E-state index in [2.05, 4.69) is 15.0 Å². The Morgan fingerprint density at radius 2 is 2.09 bits per heavy atom. The predicted molar refractivity (Wildman–Crippen MR) is 119 cm³/mol. The van der Waals surface area contributed by atoms with E-state index in [1.807, 2.05) is 0 Å². The van der Waals surface area contributed by atoms with Gasteiger partial charge >= 0.3 is 12.1 Å². The number of thiazole rings is 1. The molecule has 2 aliphatic heterocycles. The van der Waals surface area contributed by atoms with E-state index in [-0.39, 0.29) is 36.3 Å². The SMILES string of the molecule is CCOC(=O)OC(C)OC(=O)C1(COC)CS[C@@H]2C(NC(=O)C(=O)c3csc(N)n3)C(=O)N2C1. The van der Waals surface area contributed by atoms with Gasteiger partial charge in [0, 0.05) is 31.7 Å². The number of fused-ring (bicyclic) bond motifs is 1. The molecule has 2 saturated heterocycles. The van der Waals surface area contributed by atoms with Crippen molar-refractivity contribution in [2.75, 3.05) is 38.4 Å². The van der Waals surface area contributed by atoms with Gasteiger partial charge in [-0.2, -0.15) is 0 Å². The number of rotatable bonds is 9. The normalized spacial score (nSPS) is 24.3. The van der Waals surface area contributed by atoms with Crippen LogP contribution in [-0.2, 0) is 33.3 Å². The Balaban J connectivity index is 1.61. The highest BCUT2D eigenvalue weighted by atomic mass is 32.2. The molecule has 15 heteroatoms. The molecule has 1 aromatic rings. The van der Waals surface area contributed by atoms with Crippen LogP contribution in [0.15, 0.2) is 5.38 Å². The zero-order valence-corrected chi connectivity index (χ0v) is 20.2. The molecule has 13 nitrogen and oxygen atoms in total. The number of nitrogen functional groups attached to an aromatic ring is 1. The number of amides is 2. The maximum atomic E-state index is 12.9. The van der Waals surface area contributed by atoms with Crippen LogP contribution in [0, 0.1) is 5.41 Å². The molecule has 1 aromatic heterocycles. The van der Waals surface area contributed by atoms with Gasteiger partial charge in [0.15, 0.2) is 5.13 Å². The van der Waals surface area contributed by atoms with Crippen LogP contribution in [0.25, 0.3) is 0 Å². The molecule has 3 heterocycles. The third-order valence-corrected chi connectivity index (χ3v) is 7.30. The minimum atomic E-state index is -1.22. The highest BCUT2D eigenvalue weighted by Gasteiger charge is 2.58. The molecule has 186 valence electrons. The summed E-state index contributed by atoms with van der Waals surface area (Å²) in [5.41, 5.74) is 4.17. The largest absolute Gasteiger partial charge is 0.511 e. The van der Waals surface area contributed by atoms with E-state index >= 15 is 0 Å². The Morgan fingerprint density at radius 3 is 2.71 bits per heavy atom. The number of carbonyl (C=O) groups is 5. The Hall–Kier alpha value is -2.91. The lowest BCUT2D eigenvalue weighted by Crippen LogP contribution is -2.74. The second-order valence-electron chi connectivity index (χ2n) is 7.51. The Kier molecular flexibility index (Phi) is 7.99. The first kappa shape index (κ1) is 25.7. The average Bonchev–Trinajstić information content (AvgIpc) is 3.23. The number of nitrogens with one attached hydrogen (secondary N) is 1. The molecule has 3 rings (SSSR count). The van der Waals surface area contributed by atoms with Crippen LogP contribution >= 0.6 is 23.1 Å². The van der Waals surface area contributed by atoms with Gasteiger partial charge in [0.1, 0.15) is 22.5 Å². The first-order chi connectivity index (χ1) is 16.1. The summed E-state index contributed by atoms with van der Waals surface area (Å²) in [6.45, 7) is 2.98. The van der Waals surface area contributed by atoms with Gasteiger partial charge in [-0.25, -0.2) is 9.78 Å². The number of ether oxygens (including phenoxy) is 4. The van der Waals surface area contributed by atoms with Gasteiger partial charge in [0.25, 0.3) is 11.7 Å². The molecule has 0 aromatic carbocycles. The van der Waals surface area contributed by atoms with Crippen molar-refractivity contribution in [3.63, 3.8) is 0 Å². The first-order valence-corrected chi connectivity index (χ1v) is 12.1. The minimum Gasteiger partial charge on any atom is -0.435 e. The molecule has 3 N–H and O–H groups in total. The maximum Gasteiger partial charge on any atom is 0.511 e. The highest BCUT2D eigenvalue weighted by Crippen LogP contribution is 2.43. The summed E-state index contributed by atoms with van der Waals surface area (Å²) in [4.78, 5) is 66.8. The predicted octanol–water partition coefficient (Wildman–Crippen LogP) is 0.00300. The van der Waals surface area contributed by atoms with E-state index in [0.29, 0.717) is 0 Å². The van der Waals surface area contributed by atoms with Gasteiger partial charge in [0.2, 0.25) is 12.2 Å². The molecule has 4 atom stereocenters. The number of thioether (sulfide) groups is 1. The fourth-order valence-electron chi connectivity index (χ4n) is 3.48. The molecule has 0 saturated carbocycles. The number of ketones is 1. The minimum absolute atomic E-state index is 0.0365. The molecule has 2 aliphatic rings. The monoisotopic (exact) mass is 516 g/mol. The van der Waals surface area contributed by atoms with Crippen LogP contribution in [0.5, 0.6) is 0 Å². The van der Waals surface area contributed by atoms with Crippen molar-refractivity contribution in [1.29, 1.82) is 0 Å². The summed E-state index contributed by atoms with van der Waals surface area (Å²) in [6, 6.07) is -0.930. The van der Waals surface area contributed by atoms with Crippen molar-refractivity contribution >= 4 is 58.0 Å². The van der Waals surface area contributed by atoms with Crippen LogP contribution in [0.1, 0.15) is 24.3 Å². The molecule has 0 spiro atoms. The standard InChI is InChI=1S/C19H24N4O9S2/c1-4-30-18(28)32-9(2)31-16(27)19(7-29-3)6-23-14(26)11(15(23)34-8-19)22-13(25)12(24)10-5-33-17(20)21-10/h5,9,11,15H,4,6-8H2,1-3H3,(H2,20,21)(H,22,25)/t9?,11?,15-,19?/m1/s1. The number of Topliss-reactive ketones (excluding diaryl/α,β-unsaturated/α-hetero) is 1. The summed E-state index contributed by atoms with van der Waals surface area (Å²) in [7, 11) is 1.40. The van der Waals surface area contributed by atoms with Crippen molar-refractivity contribution < 1.29 is 42.9 Å². The van der Waals surface area contributed by atoms with E-state index in [9.17, 15) is 24.0 Å². The van der Waals surface area contributed by atoms with E-state index in [0.717, 1.165) is 11.3 Å². The van der Waals surface area contributed by atoms with E-state index < -0.39 is 52.8 Å². The number of hydrogen-bond acceptors (Lipinski definition) is 13. The van der Waals surface area contributed by atoms with Gasteiger partial charge in [0.05, 0.1) is 13.2 Å². The number of aromatic nitrogens is 1. The topological polar surface area (TPSA) is 176 Å². The van der Waals surface area contributed by atoms with E-state index in [1.165, 1.54) is 36.1 Å². The number of carbonyl (C=O) groups excluding carboxylic acids is 5. The third kappa shape index (κ3) is 5.26. The molecule has 2 amide bonds. The fraction of sp³-hybridized carbons (Fsp3) is 0.579. The number of esters is 1. The van der Waals surface area contributed by atoms with Gasteiger partial charge < -0.3 is 34.9 Å². The number of methoxy groups -OCH3 is 1. The van der Waals surface area contributed by atoms with Crippen LogP contribution < -0.4 is 11.1 Å². The second-order valence-corrected chi connectivity index (χ2v) is 9.50. The zero-order chi connectivity index (χ0) is 25.0. The summed E-state index contributed by atoms with van der Waals surface area (Å²) in [5, 5.41) is 3.46. The van der Waals surface area contributed by atoms with Crippen LogP contribution in [0.4, 0.5) is 9.93 Å². The maximum absolute atomic E-state index is 12.9. The van der Waals surface area contributed by atoms with Crippen molar-refractivity contribution in [3.05, 3.63) is 11.1 Å². The average molecular weight is 517 g/mol. The van der Waals surface area contributed by atoms with Crippen molar-refractivity contribution in [1.82, 2.24) is 15.2 Å². The molecule has 0 bridgehead atoms. The van der Waals surface area contributed by atoms with Crippen molar-refractivity contribution in [3.8, 4) is 0 Å². The Labute approximate surface area is 202 Å². The molecule has 34 heavy (non-hydrogen) atoms. The Morgan fingerprint density at radius 1 is 1.35 bits per heavy atom. The molecule has 3 unspecified atom stereocenters. The first-order valence-electron chi connectivity index (χ1n) is 10.1. The molecule has 0 radical (unpaired) electrons. The highest BCUT2D eigenvalue weighted by molar-refractivity contribution is 8.00. The van der Waals surface area contributed by atoms with Gasteiger partial charge in [-0.05, 0) is 6.92 Å². The number of nitrogens with zero attached hydrogens (tertiary/aromatic N) is 2. The third-order valence-electron chi connectivity index (χ3n) is 5.04. The number of anilines is 1. The molecular formula is C19H24N4O9S2. The summed E-state index contributed by atoms with van der Waals surface area (Å²) in [6.07, 6.45) is -2.19. The molecule has 0 aliphatic carbocycles. The van der Waals surface area contributed by atoms with Crippen LogP contribution in [-0.4, -0.2) is 89.9 Å². The van der Waals surface area contributed by atoms with Crippen molar-refractivity contribution in [2.24, 2.45) is 5.41 Å².